The first-order valence-corrected chi connectivity index (χ1v) is 4.80. The van der Waals surface area contributed by atoms with E-state index in [1.807, 2.05) is 0 Å². The van der Waals surface area contributed by atoms with Crippen molar-refractivity contribution in [2.24, 2.45) is 10.9 Å². The molecular formula is C12H17NO. The van der Waals surface area contributed by atoms with Crippen molar-refractivity contribution in [1.29, 1.82) is 0 Å². The Labute approximate surface area is 85.7 Å². The van der Waals surface area contributed by atoms with Crippen LogP contribution < -0.4 is 0 Å². The van der Waals surface area contributed by atoms with Gasteiger partial charge >= 0.3 is 0 Å². The van der Waals surface area contributed by atoms with Gasteiger partial charge < -0.3 is 4.74 Å². The molecule has 0 aromatic carbocycles. The first-order chi connectivity index (χ1) is 6.69. The van der Waals surface area contributed by atoms with Crippen LogP contribution in [0, 0.1) is 5.92 Å². The summed E-state index contributed by atoms with van der Waals surface area (Å²) in [6.45, 7) is 7.88. The molecule has 0 fully saturated rings. The molecule has 0 aliphatic heterocycles. The first kappa shape index (κ1) is 10.8. The lowest BCUT2D eigenvalue weighted by atomic mass is 9.94. The zero-order valence-electron chi connectivity index (χ0n) is 9.08. The molecule has 0 bridgehead atoms. The van der Waals surface area contributed by atoms with Crippen LogP contribution in [0.5, 0.6) is 0 Å². The topological polar surface area (TPSA) is 21.6 Å². The molecule has 76 valence electrons. The maximum absolute atomic E-state index is 5.30. The smallest absolute Gasteiger partial charge is 0.140 e. The summed E-state index contributed by atoms with van der Waals surface area (Å²) in [5.41, 5.74) is 2.22. The largest absolute Gasteiger partial charge is 0.495 e. The second-order valence-electron chi connectivity index (χ2n) is 3.56. The van der Waals surface area contributed by atoms with Crippen LogP contribution in [0.2, 0.25) is 0 Å². The maximum atomic E-state index is 5.30. The zero-order chi connectivity index (χ0) is 10.6. The van der Waals surface area contributed by atoms with E-state index in [0.717, 1.165) is 17.9 Å². The molecule has 0 saturated carbocycles. The first-order valence-electron chi connectivity index (χ1n) is 4.80. The van der Waals surface area contributed by atoms with Crippen molar-refractivity contribution in [2.75, 3.05) is 7.11 Å². The molecular weight excluding hydrogens is 174 g/mol. The Hall–Kier alpha value is -1.31. The van der Waals surface area contributed by atoms with Crippen LogP contribution in [0.15, 0.2) is 40.8 Å². The van der Waals surface area contributed by atoms with E-state index in [9.17, 15) is 0 Å². The van der Waals surface area contributed by atoms with Crippen molar-refractivity contribution in [3.63, 3.8) is 0 Å². The van der Waals surface area contributed by atoms with E-state index < -0.39 is 0 Å². The number of aliphatic imine (C=N–C) groups is 1. The third-order valence-electron chi connectivity index (χ3n) is 2.23. The Morgan fingerprint density at radius 3 is 2.93 bits per heavy atom. The molecule has 2 heteroatoms. The van der Waals surface area contributed by atoms with Crippen molar-refractivity contribution >= 4 is 6.21 Å². The Bertz CT molecular complexity index is 310. The molecule has 0 aromatic heterocycles. The number of ether oxygens (including phenoxy) is 1. The van der Waals surface area contributed by atoms with Crippen molar-refractivity contribution in [2.45, 2.75) is 20.3 Å². The van der Waals surface area contributed by atoms with E-state index >= 15 is 0 Å². The van der Waals surface area contributed by atoms with Crippen molar-refractivity contribution < 1.29 is 4.74 Å². The number of allylic oxidation sites excluding steroid dienone is 3. The second kappa shape index (κ2) is 4.80. The fraction of sp³-hybridized carbons (Fsp3) is 0.417. The van der Waals surface area contributed by atoms with E-state index in [4.69, 9.17) is 4.74 Å². The fourth-order valence-electron chi connectivity index (χ4n) is 1.65. The van der Waals surface area contributed by atoms with Crippen LogP contribution in [0.3, 0.4) is 0 Å². The van der Waals surface area contributed by atoms with E-state index in [0.29, 0.717) is 5.92 Å². The van der Waals surface area contributed by atoms with Crippen LogP contribution in [0.4, 0.5) is 0 Å². The molecule has 1 aliphatic carbocycles. The number of methoxy groups -OCH3 is 1. The monoisotopic (exact) mass is 191 g/mol. The van der Waals surface area contributed by atoms with Gasteiger partial charge in [0, 0.05) is 6.21 Å². The SMILES string of the molecule is C=CC=NC1=C(C)CC(C)C=C1OC. The Kier molecular flexibility index (Phi) is 3.69. The van der Waals surface area contributed by atoms with Crippen molar-refractivity contribution in [3.05, 3.63) is 35.8 Å². The summed E-state index contributed by atoms with van der Waals surface area (Å²) in [6.07, 6.45) is 6.53. The highest BCUT2D eigenvalue weighted by atomic mass is 16.5. The van der Waals surface area contributed by atoms with Gasteiger partial charge in [-0.25, -0.2) is 0 Å². The summed E-state index contributed by atoms with van der Waals surface area (Å²) in [5, 5.41) is 0. The van der Waals surface area contributed by atoms with Gasteiger partial charge in [-0.15, -0.1) is 0 Å². The third kappa shape index (κ3) is 2.34. The van der Waals surface area contributed by atoms with Gasteiger partial charge in [0.25, 0.3) is 0 Å². The number of nitrogens with zero attached hydrogens (tertiary/aromatic N) is 1. The number of hydrogen-bond donors (Lipinski definition) is 0. The molecule has 1 rings (SSSR count). The summed E-state index contributed by atoms with van der Waals surface area (Å²) >= 11 is 0. The fourth-order valence-corrected chi connectivity index (χ4v) is 1.65. The Morgan fingerprint density at radius 2 is 2.36 bits per heavy atom. The maximum Gasteiger partial charge on any atom is 0.140 e. The Morgan fingerprint density at radius 1 is 1.64 bits per heavy atom. The Balaban J connectivity index is 2.99. The van der Waals surface area contributed by atoms with Gasteiger partial charge in [-0.1, -0.05) is 19.6 Å². The molecule has 1 aliphatic rings. The summed E-state index contributed by atoms with van der Waals surface area (Å²) in [4.78, 5) is 4.31. The van der Waals surface area contributed by atoms with E-state index in [1.54, 1.807) is 19.4 Å². The average molecular weight is 191 g/mol. The predicted molar refractivity (Wildman–Crippen MR) is 60.3 cm³/mol. The normalized spacial score (nSPS) is 22.5. The molecule has 0 radical (unpaired) electrons. The molecule has 0 N–H and O–H groups in total. The van der Waals surface area contributed by atoms with Crippen LogP contribution in [-0.2, 0) is 4.74 Å². The lowest BCUT2D eigenvalue weighted by Gasteiger charge is -2.19. The van der Waals surface area contributed by atoms with Gasteiger partial charge in [0.1, 0.15) is 11.5 Å². The van der Waals surface area contributed by atoms with Crippen LogP contribution in [0.25, 0.3) is 0 Å². The molecule has 1 atom stereocenters. The molecule has 0 amide bonds. The number of rotatable bonds is 3. The summed E-state index contributed by atoms with van der Waals surface area (Å²) < 4.78 is 5.30. The van der Waals surface area contributed by atoms with Gasteiger partial charge in [-0.2, -0.15) is 0 Å². The quantitative estimate of drug-likeness (QED) is 0.628. The second-order valence-corrected chi connectivity index (χ2v) is 3.56. The molecule has 0 spiro atoms. The third-order valence-corrected chi connectivity index (χ3v) is 2.23. The highest BCUT2D eigenvalue weighted by Gasteiger charge is 2.16. The van der Waals surface area contributed by atoms with E-state index in [1.165, 1.54) is 5.57 Å². The number of hydrogen-bond acceptors (Lipinski definition) is 2. The zero-order valence-corrected chi connectivity index (χ0v) is 9.08. The predicted octanol–water partition coefficient (Wildman–Crippen LogP) is 3.09. The molecule has 0 saturated heterocycles. The lowest BCUT2D eigenvalue weighted by molar-refractivity contribution is 0.291. The lowest BCUT2D eigenvalue weighted by Crippen LogP contribution is -2.06. The minimum absolute atomic E-state index is 0.535. The summed E-state index contributed by atoms with van der Waals surface area (Å²) in [5.74, 6) is 1.41. The minimum Gasteiger partial charge on any atom is -0.495 e. The van der Waals surface area contributed by atoms with Crippen molar-refractivity contribution in [1.82, 2.24) is 0 Å². The molecule has 1 unspecified atom stereocenters. The van der Waals surface area contributed by atoms with Crippen LogP contribution in [0.1, 0.15) is 20.3 Å². The highest BCUT2D eigenvalue weighted by Crippen LogP contribution is 2.29. The standard InChI is InChI=1S/C12H17NO/c1-5-6-13-12-10(3)7-9(2)8-11(12)14-4/h5-6,8-9H,1,7H2,2-4H3. The van der Waals surface area contributed by atoms with Crippen LogP contribution >= 0.6 is 0 Å². The van der Waals surface area contributed by atoms with Gasteiger partial charge in [-0.05, 0) is 30.9 Å². The van der Waals surface area contributed by atoms with Gasteiger partial charge in [0.05, 0.1) is 7.11 Å². The highest BCUT2D eigenvalue weighted by molar-refractivity contribution is 5.72. The molecule has 0 heterocycles. The van der Waals surface area contributed by atoms with E-state index in [-0.39, 0.29) is 0 Å². The van der Waals surface area contributed by atoms with Crippen LogP contribution in [-0.4, -0.2) is 13.3 Å². The van der Waals surface area contributed by atoms with Gasteiger partial charge in [-0.3, -0.25) is 4.99 Å². The molecule has 0 aromatic rings. The van der Waals surface area contributed by atoms with Crippen molar-refractivity contribution in [3.8, 4) is 0 Å². The van der Waals surface area contributed by atoms with E-state index in [2.05, 4.69) is 31.5 Å². The van der Waals surface area contributed by atoms with Gasteiger partial charge in [0.2, 0.25) is 0 Å². The van der Waals surface area contributed by atoms with Gasteiger partial charge in [0.15, 0.2) is 0 Å². The summed E-state index contributed by atoms with van der Waals surface area (Å²) in [6, 6.07) is 0. The molecule has 14 heavy (non-hydrogen) atoms. The summed E-state index contributed by atoms with van der Waals surface area (Å²) in [7, 11) is 1.68. The minimum atomic E-state index is 0.535. The molecule has 2 nitrogen and oxygen atoms in total. The average Bonchev–Trinajstić information content (AvgIpc) is 2.15.